The van der Waals surface area contributed by atoms with Gasteiger partial charge in [0.15, 0.2) is 17.4 Å². The van der Waals surface area contributed by atoms with Gasteiger partial charge in [-0.15, -0.1) is 0 Å². The van der Waals surface area contributed by atoms with Crippen molar-refractivity contribution in [1.29, 1.82) is 0 Å². The van der Waals surface area contributed by atoms with Crippen LogP contribution in [0.4, 0.5) is 35.1 Å². The molecule has 0 spiro atoms. The second kappa shape index (κ2) is 19.0. The van der Waals surface area contributed by atoms with Crippen LogP contribution in [0, 0.1) is 11.6 Å². The van der Waals surface area contributed by atoms with E-state index in [1.807, 2.05) is 9.80 Å². The van der Waals surface area contributed by atoms with Gasteiger partial charge in [-0.2, -0.15) is 26.3 Å². The number of halogens is 8. The monoisotopic (exact) mass is 771 g/mol. The van der Waals surface area contributed by atoms with E-state index < -0.39 is 35.1 Å². The molecule has 298 valence electrons. The lowest BCUT2D eigenvalue weighted by molar-refractivity contribution is -0.138. The molecule has 0 radical (unpaired) electrons. The molecule has 3 aromatic carbocycles. The minimum absolute atomic E-state index is 0.0648. The fourth-order valence-electron chi connectivity index (χ4n) is 7.28. The van der Waals surface area contributed by atoms with Gasteiger partial charge in [0, 0.05) is 45.8 Å². The Morgan fingerprint density at radius 3 is 1.59 bits per heavy atom. The summed E-state index contributed by atoms with van der Waals surface area (Å²) in [4.78, 5) is 4.05. The van der Waals surface area contributed by atoms with Crippen molar-refractivity contribution >= 4 is 0 Å². The number of hydrogen-bond acceptors (Lipinski definition) is 6. The highest BCUT2D eigenvalue weighted by Gasteiger charge is 2.32. The van der Waals surface area contributed by atoms with E-state index in [0.717, 1.165) is 93.6 Å². The van der Waals surface area contributed by atoms with Crippen LogP contribution in [0.1, 0.15) is 85.1 Å². The Balaban J connectivity index is 0.000000202. The first kappa shape index (κ1) is 41.9. The van der Waals surface area contributed by atoms with Gasteiger partial charge in [-0.1, -0.05) is 43.5 Å². The molecule has 3 unspecified atom stereocenters. The zero-order valence-corrected chi connectivity index (χ0v) is 30.1. The van der Waals surface area contributed by atoms with Gasteiger partial charge in [0.05, 0.1) is 23.3 Å². The van der Waals surface area contributed by atoms with E-state index in [-0.39, 0.29) is 30.0 Å². The number of nitrogens with zero attached hydrogens (tertiary/aromatic N) is 2. The maximum atomic E-state index is 14.6. The third kappa shape index (κ3) is 12.6. The Bertz CT molecular complexity index is 1570. The van der Waals surface area contributed by atoms with Crippen LogP contribution in [0.2, 0.25) is 0 Å². The van der Waals surface area contributed by atoms with E-state index in [9.17, 15) is 40.2 Å². The molecule has 6 nitrogen and oxygen atoms in total. The Kier molecular flexibility index (Phi) is 14.8. The molecule has 1 aliphatic carbocycles. The van der Waals surface area contributed by atoms with Crippen LogP contribution in [0.25, 0.3) is 0 Å². The number of nitrogens with one attached hydrogen (secondary N) is 1. The smallest absolute Gasteiger partial charge is 0.416 e. The first-order valence-corrected chi connectivity index (χ1v) is 18.6. The van der Waals surface area contributed by atoms with Gasteiger partial charge in [-0.05, 0) is 97.7 Å². The molecule has 3 aromatic rings. The molecule has 0 aromatic heterocycles. The zero-order chi connectivity index (χ0) is 38.9. The highest BCUT2D eigenvalue weighted by molar-refractivity contribution is 5.34. The van der Waals surface area contributed by atoms with E-state index in [1.165, 1.54) is 42.8 Å². The van der Waals surface area contributed by atoms with Crippen molar-refractivity contribution in [3.05, 3.63) is 100 Å². The predicted octanol–water partition coefficient (Wildman–Crippen LogP) is 8.30. The molecule has 3 saturated heterocycles. The van der Waals surface area contributed by atoms with Gasteiger partial charge in [0.25, 0.3) is 0 Å². The molecule has 3 N–H and O–H groups in total. The van der Waals surface area contributed by atoms with E-state index in [2.05, 4.69) is 5.32 Å². The highest BCUT2D eigenvalue weighted by Crippen LogP contribution is 2.36. The third-order valence-electron chi connectivity index (χ3n) is 10.3. The summed E-state index contributed by atoms with van der Waals surface area (Å²) in [7, 11) is 0. The molecule has 7 rings (SSSR count). The molecule has 4 aliphatic rings. The Labute approximate surface area is 311 Å². The average Bonchev–Trinajstić information content (AvgIpc) is 3.90. The lowest BCUT2D eigenvalue weighted by Gasteiger charge is -2.23. The average molecular weight is 772 g/mol. The molecule has 14 heteroatoms. The lowest BCUT2D eigenvalue weighted by atomic mass is 9.84. The van der Waals surface area contributed by atoms with Crippen molar-refractivity contribution < 1.29 is 50.1 Å². The maximum absolute atomic E-state index is 14.6. The summed E-state index contributed by atoms with van der Waals surface area (Å²) < 4.78 is 110. The van der Waals surface area contributed by atoms with Crippen LogP contribution in [-0.4, -0.2) is 77.6 Å². The number of rotatable bonds is 7. The molecular formula is C40H49F8N3O3. The first-order chi connectivity index (χ1) is 25.6. The summed E-state index contributed by atoms with van der Waals surface area (Å²) in [6.07, 6.45) is -1.83. The van der Waals surface area contributed by atoms with Crippen LogP contribution < -0.4 is 10.1 Å². The van der Waals surface area contributed by atoms with Gasteiger partial charge < -0.3 is 20.3 Å². The number of aliphatic hydroxyl groups is 2. The van der Waals surface area contributed by atoms with Crippen molar-refractivity contribution in [2.75, 3.05) is 39.3 Å². The maximum Gasteiger partial charge on any atom is 0.416 e. The van der Waals surface area contributed by atoms with Crippen LogP contribution in [0.3, 0.4) is 0 Å². The Morgan fingerprint density at radius 1 is 0.648 bits per heavy atom. The second-order valence-electron chi connectivity index (χ2n) is 14.6. The number of likely N-dealkylation sites (tertiary alicyclic amines) is 2. The summed E-state index contributed by atoms with van der Waals surface area (Å²) >= 11 is 0. The summed E-state index contributed by atoms with van der Waals surface area (Å²) in [5.74, 6) is -1.46. The van der Waals surface area contributed by atoms with Gasteiger partial charge in [-0.3, -0.25) is 9.80 Å². The van der Waals surface area contributed by atoms with E-state index >= 15 is 0 Å². The van der Waals surface area contributed by atoms with Crippen LogP contribution in [-0.2, 0) is 25.4 Å². The molecule has 54 heavy (non-hydrogen) atoms. The molecule has 0 bridgehead atoms. The number of β-amino-alcohol motifs (C(OH)–C–C–N with tert-alkyl or cyclic N) is 2. The normalized spacial score (nSPS) is 22.7. The highest BCUT2D eigenvalue weighted by atomic mass is 19.4. The predicted molar refractivity (Wildman–Crippen MR) is 189 cm³/mol. The minimum Gasteiger partial charge on any atom is -0.483 e. The fraction of sp³-hybridized carbons (Fsp3) is 0.550. The summed E-state index contributed by atoms with van der Waals surface area (Å²) in [5, 5.41) is 21.0. The topological polar surface area (TPSA) is 68.2 Å². The SMILES string of the molecule is Fc1cc(C2CCCCC2)cc(F)c1OC1CCN(Cc2ccc(C(F)(F)F)cc2)C1.OC1CCN(Cc2ccc(C(F)(F)F)cc2)C1.OC1CCNC1. The van der Waals surface area contributed by atoms with Crippen LogP contribution in [0.5, 0.6) is 5.75 Å². The van der Waals surface area contributed by atoms with Gasteiger partial charge in [0.2, 0.25) is 0 Å². The van der Waals surface area contributed by atoms with E-state index in [0.29, 0.717) is 44.7 Å². The van der Waals surface area contributed by atoms with Crippen molar-refractivity contribution in [2.24, 2.45) is 0 Å². The third-order valence-corrected chi connectivity index (χ3v) is 10.3. The molecule has 3 heterocycles. The lowest BCUT2D eigenvalue weighted by Crippen LogP contribution is -2.25. The Hall–Kier alpha value is -3.30. The standard InChI is InChI=1S/C24H26F5NO.C12H14F3NO.C4H9NO/c25-21-12-18(17-4-2-1-3-5-17)13-22(26)23(21)31-20-10-11-30(15-20)14-16-6-8-19(9-7-16)24(27,28)29;13-12(14,15)10-3-1-9(2-4-10)7-16-6-5-11(17)8-16;6-4-1-2-5-3-4/h6-9,12-13,17,20H,1-5,10-11,14-15H2;1-4,11,17H,5-8H2;4-6H,1-3H2. The summed E-state index contributed by atoms with van der Waals surface area (Å²) in [5.41, 5.74) is 0.997. The van der Waals surface area contributed by atoms with Crippen molar-refractivity contribution in [2.45, 2.75) is 101 Å². The zero-order valence-electron chi connectivity index (χ0n) is 30.1. The van der Waals surface area contributed by atoms with Crippen LogP contribution >= 0.6 is 0 Å². The number of hydrogen-bond donors (Lipinski definition) is 3. The molecule has 3 atom stereocenters. The van der Waals surface area contributed by atoms with Crippen molar-refractivity contribution in [3.63, 3.8) is 0 Å². The minimum atomic E-state index is -4.36. The van der Waals surface area contributed by atoms with Crippen LogP contribution in [0.15, 0.2) is 60.7 Å². The number of ether oxygens (including phenoxy) is 1. The molecule has 1 saturated carbocycles. The first-order valence-electron chi connectivity index (χ1n) is 18.6. The van der Waals surface area contributed by atoms with Crippen molar-refractivity contribution in [3.8, 4) is 5.75 Å². The quantitative estimate of drug-likeness (QED) is 0.210. The van der Waals surface area contributed by atoms with E-state index in [1.54, 1.807) is 0 Å². The number of aliphatic hydroxyl groups excluding tert-OH is 2. The summed E-state index contributed by atoms with van der Waals surface area (Å²) in [6, 6.07) is 13.0. The Morgan fingerprint density at radius 2 is 1.17 bits per heavy atom. The molecular weight excluding hydrogens is 722 g/mol. The van der Waals surface area contributed by atoms with Gasteiger partial charge in [0.1, 0.15) is 6.10 Å². The molecule has 3 aliphatic heterocycles. The van der Waals surface area contributed by atoms with Gasteiger partial charge in [-0.25, -0.2) is 8.78 Å². The second-order valence-corrected chi connectivity index (χ2v) is 14.6. The number of alkyl halides is 6. The molecule has 0 amide bonds. The van der Waals surface area contributed by atoms with Gasteiger partial charge >= 0.3 is 12.4 Å². The number of benzene rings is 3. The van der Waals surface area contributed by atoms with Crippen molar-refractivity contribution in [1.82, 2.24) is 15.1 Å². The summed E-state index contributed by atoms with van der Waals surface area (Å²) in [6.45, 7) is 5.34. The largest absolute Gasteiger partial charge is 0.483 e. The fourth-order valence-corrected chi connectivity index (χ4v) is 7.28. The molecule has 4 fully saturated rings. The van der Waals surface area contributed by atoms with E-state index in [4.69, 9.17) is 9.84 Å².